The zero-order valence-electron chi connectivity index (χ0n) is 12.2. The van der Waals surface area contributed by atoms with E-state index in [1.165, 1.54) is 56.9 Å². The average molecular weight is 260 g/mol. The molecule has 1 fully saturated rings. The van der Waals surface area contributed by atoms with Crippen LogP contribution in [0.15, 0.2) is 30.3 Å². The van der Waals surface area contributed by atoms with E-state index in [0.717, 1.165) is 0 Å². The van der Waals surface area contributed by atoms with E-state index in [0.29, 0.717) is 6.04 Å². The maximum atomic E-state index is 5.92. The quantitative estimate of drug-likeness (QED) is 0.601. The molecule has 106 valence electrons. The summed E-state index contributed by atoms with van der Waals surface area (Å²) in [7, 11) is 0. The molecule has 0 saturated heterocycles. The van der Waals surface area contributed by atoms with Crippen molar-refractivity contribution in [2.24, 2.45) is 5.84 Å². The van der Waals surface area contributed by atoms with E-state index in [1.54, 1.807) is 0 Å². The first kappa shape index (κ1) is 14.5. The van der Waals surface area contributed by atoms with Crippen LogP contribution in [0.3, 0.4) is 0 Å². The van der Waals surface area contributed by atoms with Gasteiger partial charge in [0.05, 0.1) is 0 Å². The van der Waals surface area contributed by atoms with Crippen molar-refractivity contribution in [1.82, 2.24) is 5.43 Å². The molecule has 1 aromatic carbocycles. The summed E-state index contributed by atoms with van der Waals surface area (Å²) in [5.41, 5.74) is 4.88. The molecule has 19 heavy (non-hydrogen) atoms. The van der Waals surface area contributed by atoms with E-state index < -0.39 is 0 Å². The van der Waals surface area contributed by atoms with Crippen LogP contribution < -0.4 is 11.3 Å². The summed E-state index contributed by atoms with van der Waals surface area (Å²) in [6.07, 6.45) is 10.3. The summed E-state index contributed by atoms with van der Waals surface area (Å²) in [4.78, 5) is 0. The molecule has 3 N–H and O–H groups in total. The molecule has 2 heteroatoms. The van der Waals surface area contributed by atoms with Crippen molar-refractivity contribution in [3.05, 3.63) is 35.9 Å². The Labute approximate surface area is 117 Å². The van der Waals surface area contributed by atoms with Gasteiger partial charge in [-0.3, -0.25) is 11.3 Å². The third-order valence-corrected chi connectivity index (χ3v) is 4.81. The molecule has 1 atom stereocenters. The second kappa shape index (κ2) is 7.06. The molecule has 2 rings (SSSR count). The van der Waals surface area contributed by atoms with Crippen molar-refractivity contribution in [2.45, 2.75) is 69.7 Å². The zero-order valence-corrected chi connectivity index (χ0v) is 12.2. The number of nitrogens with one attached hydrogen (secondary N) is 1. The Morgan fingerprint density at radius 2 is 1.84 bits per heavy atom. The molecule has 1 aliphatic rings. The van der Waals surface area contributed by atoms with Crippen LogP contribution in [0.25, 0.3) is 0 Å². The SMILES string of the molecule is CCCCC(NN)C1(c2ccccc2)CCCCC1. The summed E-state index contributed by atoms with van der Waals surface area (Å²) < 4.78 is 0. The van der Waals surface area contributed by atoms with E-state index in [-0.39, 0.29) is 5.41 Å². The lowest BCUT2D eigenvalue weighted by atomic mass is 9.64. The lowest BCUT2D eigenvalue weighted by molar-refractivity contribution is 0.202. The van der Waals surface area contributed by atoms with Crippen LogP contribution in [0.2, 0.25) is 0 Å². The van der Waals surface area contributed by atoms with Crippen molar-refractivity contribution in [3.8, 4) is 0 Å². The van der Waals surface area contributed by atoms with E-state index in [2.05, 4.69) is 42.7 Å². The number of rotatable bonds is 6. The van der Waals surface area contributed by atoms with Gasteiger partial charge in [-0.25, -0.2) is 0 Å². The molecule has 0 radical (unpaired) electrons. The number of nitrogens with two attached hydrogens (primary N) is 1. The average Bonchev–Trinajstić information content (AvgIpc) is 2.50. The summed E-state index contributed by atoms with van der Waals surface area (Å²) in [5.74, 6) is 5.92. The molecule has 2 nitrogen and oxygen atoms in total. The molecule has 0 aliphatic heterocycles. The number of benzene rings is 1. The van der Waals surface area contributed by atoms with Crippen LogP contribution in [0.1, 0.15) is 63.9 Å². The highest BCUT2D eigenvalue weighted by atomic mass is 15.2. The molecule has 0 aromatic heterocycles. The van der Waals surface area contributed by atoms with E-state index in [1.807, 2.05) is 0 Å². The first-order valence-corrected chi connectivity index (χ1v) is 7.85. The minimum Gasteiger partial charge on any atom is -0.271 e. The fourth-order valence-corrected chi connectivity index (χ4v) is 3.72. The van der Waals surface area contributed by atoms with Gasteiger partial charge in [0.2, 0.25) is 0 Å². The normalized spacial score (nSPS) is 20.1. The Hall–Kier alpha value is -0.860. The van der Waals surface area contributed by atoms with Crippen LogP contribution >= 0.6 is 0 Å². The lowest BCUT2D eigenvalue weighted by Crippen LogP contribution is -2.52. The molecule has 0 spiro atoms. The summed E-state index contributed by atoms with van der Waals surface area (Å²) in [5, 5.41) is 0. The molecule has 1 aliphatic carbocycles. The third-order valence-electron chi connectivity index (χ3n) is 4.81. The van der Waals surface area contributed by atoms with Gasteiger partial charge in [0.25, 0.3) is 0 Å². The van der Waals surface area contributed by atoms with Crippen LogP contribution in [0.4, 0.5) is 0 Å². The van der Waals surface area contributed by atoms with Gasteiger partial charge in [-0.1, -0.05) is 69.4 Å². The number of hydrazine groups is 1. The number of unbranched alkanes of at least 4 members (excludes halogenated alkanes) is 1. The van der Waals surface area contributed by atoms with Crippen LogP contribution in [-0.4, -0.2) is 6.04 Å². The molecule has 0 amide bonds. The fraction of sp³-hybridized carbons (Fsp3) is 0.647. The van der Waals surface area contributed by atoms with E-state index in [9.17, 15) is 0 Å². The second-order valence-electron chi connectivity index (χ2n) is 5.94. The first-order valence-electron chi connectivity index (χ1n) is 7.85. The van der Waals surface area contributed by atoms with E-state index >= 15 is 0 Å². The van der Waals surface area contributed by atoms with Gasteiger partial charge in [0.1, 0.15) is 0 Å². The highest BCUT2D eigenvalue weighted by Crippen LogP contribution is 2.43. The lowest BCUT2D eigenvalue weighted by Gasteiger charge is -2.44. The largest absolute Gasteiger partial charge is 0.271 e. The molecule has 1 saturated carbocycles. The minimum absolute atomic E-state index is 0.253. The second-order valence-corrected chi connectivity index (χ2v) is 5.94. The van der Waals surface area contributed by atoms with Gasteiger partial charge < -0.3 is 0 Å². The number of hydrogen-bond donors (Lipinski definition) is 2. The van der Waals surface area contributed by atoms with Crippen molar-refractivity contribution in [1.29, 1.82) is 0 Å². The van der Waals surface area contributed by atoms with Crippen LogP contribution in [0.5, 0.6) is 0 Å². The first-order chi connectivity index (χ1) is 9.33. The van der Waals surface area contributed by atoms with Crippen LogP contribution in [-0.2, 0) is 5.41 Å². The predicted octanol–water partition coefficient (Wildman–Crippen LogP) is 3.91. The van der Waals surface area contributed by atoms with Gasteiger partial charge >= 0.3 is 0 Å². The predicted molar refractivity (Wildman–Crippen MR) is 81.8 cm³/mol. The smallest absolute Gasteiger partial charge is 0.0307 e. The standard InChI is InChI=1S/C17H28N2/c1-2-3-12-16(19-18)17(13-8-5-9-14-17)15-10-6-4-7-11-15/h4,6-7,10-11,16,19H,2-3,5,8-9,12-14,18H2,1H3. The van der Waals surface area contributed by atoms with E-state index in [4.69, 9.17) is 5.84 Å². The maximum Gasteiger partial charge on any atom is 0.0307 e. The Balaban J connectivity index is 2.27. The molecule has 1 unspecified atom stereocenters. The minimum atomic E-state index is 0.253. The zero-order chi connectivity index (χ0) is 13.6. The Bertz CT molecular complexity index is 355. The Morgan fingerprint density at radius 1 is 1.16 bits per heavy atom. The van der Waals surface area contributed by atoms with Gasteiger partial charge in [-0.15, -0.1) is 0 Å². The molecule has 0 heterocycles. The molecule has 0 bridgehead atoms. The van der Waals surface area contributed by atoms with Crippen LogP contribution in [0, 0.1) is 0 Å². The Morgan fingerprint density at radius 3 is 2.42 bits per heavy atom. The summed E-state index contributed by atoms with van der Waals surface area (Å²) >= 11 is 0. The highest BCUT2D eigenvalue weighted by molar-refractivity contribution is 5.28. The van der Waals surface area contributed by atoms with Gasteiger partial charge in [-0.05, 0) is 24.8 Å². The Kier molecular flexibility index (Phi) is 5.41. The summed E-state index contributed by atoms with van der Waals surface area (Å²) in [6, 6.07) is 11.4. The maximum absolute atomic E-state index is 5.92. The highest BCUT2D eigenvalue weighted by Gasteiger charge is 2.40. The summed E-state index contributed by atoms with van der Waals surface area (Å²) in [6.45, 7) is 2.25. The monoisotopic (exact) mass is 260 g/mol. The van der Waals surface area contributed by atoms with Crippen molar-refractivity contribution < 1.29 is 0 Å². The fourth-order valence-electron chi connectivity index (χ4n) is 3.72. The van der Waals surface area contributed by atoms with Gasteiger partial charge in [0.15, 0.2) is 0 Å². The molecule has 1 aromatic rings. The molecular weight excluding hydrogens is 232 g/mol. The van der Waals surface area contributed by atoms with Crippen molar-refractivity contribution in [2.75, 3.05) is 0 Å². The molecular formula is C17H28N2. The topological polar surface area (TPSA) is 38.0 Å². The van der Waals surface area contributed by atoms with Crippen molar-refractivity contribution >= 4 is 0 Å². The van der Waals surface area contributed by atoms with Crippen molar-refractivity contribution in [3.63, 3.8) is 0 Å². The number of hydrogen-bond acceptors (Lipinski definition) is 2. The van der Waals surface area contributed by atoms with Gasteiger partial charge in [0, 0.05) is 11.5 Å². The third kappa shape index (κ3) is 3.18. The van der Waals surface area contributed by atoms with Gasteiger partial charge in [-0.2, -0.15) is 0 Å².